The summed E-state index contributed by atoms with van der Waals surface area (Å²) in [6, 6.07) is 3.67. The van der Waals surface area contributed by atoms with E-state index in [1.54, 1.807) is 7.11 Å². The second-order valence-electron chi connectivity index (χ2n) is 3.99. The highest BCUT2D eigenvalue weighted by Crippen LogP contribution is 2.31. The van der Waals surface area contributed by atoms with Crippen molar-refractivity contribution >= 4 is 11.8 Å². The number of benzene rings is 1. The lowest BCUT2D eigenvalue weighted by Crippen LogP contribution is -2.09. The van der Waals surface area contributed by atoms with E-state index < -0.39 is 6.09 Å². The normalized spacial score (nSPS) is 10.3. The third-order valence-electron chi connectivity index (χ3n) is 2.44. The number of aryl methyl sites for hydroxylation is 1. The van der Waals surface area contributed by atoms with Crippen LogP contribution in [-0.4, -0.2) is 18.3 Å². The van der Waals surface area contributed by atoms with Crippen molar-refractivity contribution in [2.75, 3.05) is 12.4 Å². The maximum Gasteiger partial charge on any atom is 0.409 e. The number of carboxylic acid groups (broad SMARTS) is 1. The van der Waals surface area contributed by atoms with Crippen LogP contribution in [0, 0.1) is 6.92 Å². The Morgan fingerprint density at radius 1 is 1.44 bits per heavy atom. The van der Waals surface area contributed by atoms with Crippen LogP contribution in [0.1, 0.15) is 30.9 Å². The molecule has 1 amide bonds. The highest BCUT2D eigenvalue weighted by Gasteiger charge is 2.12. The number of hydrogen-bond donors (Lipinski definition) is 2. The predicted molar refractivity (Wildman–Crippen MR) is 63.5 cm³/mol. The van der Waals surface area contributed by atoms with Gasteiger partial charge in [-0.05, 0) is 36.1 Å². The molecule has 0 aliphatic heterocycles. The minimum absolute atomic E-state index is 0.282. The smallest absolute Gasteiger partial charge is 0.409 e. The third-order valence-corrected chi connectivity index (χ3v) is 2.44. The van der Waals surface area contributed by atoms with E-state index in [4.69, 9.17) is 9.84 Å². The van der Waals surface area contributed by atoms with Crippen molar-refractivity contribution < 1.29 is 14.6 Å². The zero-order valence-electron chi connectivity index (χ0n) is 10.00. The second-order valence-corrected chi connectivity index (χ2v) is 3.99. The van der Waals surface area contributed by atoms with Gasteiger partial charge in [0.1, 0.15) is 5.75 Å². The molecule has 0 atom stereocenters. The highest BCUT2D eigenvalue weighted by molar-refractivity contribution is 5.84. The van der Waals surface area contributed by atoms with Crippen molar-refractivity contribution in [3.63, 3.8) is 0 Å². The summed E-state index contributed by atoms with van der Waals surface area (Å²) in [6.07, 6.45) is -1.05. The van der Waals surface area contributed by atoms with Crippen LogP contribution in [0.5, 0.6) is 5.75 Å². The third kappa shape index (κ3) is 2.66. The summed E-state index contributed by atoms with van der Waals surface area (Å²) in [5, 5.41) is 11.1. The fraction of sp³-hybridized carbons (Fsp3) is 0.417. The first-order valence-corrected chi connectivity index (χ1v) is 5.14. The van der Waals surface area contributed by atoms with Gasteiger partial charge in [0.25, 0.3) is 0 Å². The lowest BCUT2D eigenvalue weighted by atomic mass is 9.99. The average Bonchev–Trinajstić information content (AvgIpc) is 2.19. The van der Waals surface area contributed by atoms with Crippen molar-refractivity contribution in [1.82, 2.24) is 0 Å². The Bertz CT molecular complexity index is 399. The molecular formula is C12H17NO3. The van der Waals surface area contributed by atoms with Gasteiger partial charge in [-0.2, -0.15) is 0 Å². The quantitative estimate of drug-likeness (QED) is 0.827. The number of hydrogen-bond acceptors (Lipinski definition) is 2. The Labute approximate surface area is 95.2 Å². The van der Waals surface area contributed by atoms with Crippen LogP contribution < -0.4 is 10.1 Å². The number of carbonyl (C=O) groups is 1. The van der Waals surface area contributed by atoms with E-state index in [0.29, 0.717) is 5.69 Å². The minimum atomic E-state index is -1.05. The van der Waals surface area contributed by atoms with Gasteiger partial charge in [-0.15, -0.1) is 0 Å². The van der Waals surface area contributed by atoms with Gasteiger partial charge in [0.2, 0.25) is 0 Å². The van der Waals surface area contributed by atoms with Gasteiger partial charge in [-0.3, -0.25) is 5.32 Å². The van der Waals surface area contributed by atoms with Crippen LogP contribution in [0.25, 0.3) is 0 Å². The summed E-state index contributed by atoms with van der Waals surface area (Å²) in [5.74, 6) is 1.08. The van der Waals surface area contributed by atoms with Gasteiger partial charge in [0, 0.05) is 5.69 Å². The second kappa shape index (κ2) is 4.88. The van der Waals surface area contributed by atoms with Crippen LogP contribution in [0.2, 0.25) is 0 Å². The Morgan fingerprint density at radius 2 is 2.06 bits per heavy atom. The molecule has 2 N–H and O–H groups in total. The molecule has 0 saturated carbocycles. The molecular weight excluding hydrogens is 206 g/mol. The molecule has 0 aliphatic rings. The summed E-state index contributed by atoms with van der Waals surface area (Å²) in [5.41, 5.74) is 2.46. The van der Waals surface area contributed by atoms with Gasteiger partial charge in [-0.25, -0.2) is 4.79 Å². The van der Waals surface area contributed by atoms with Gasteiger partial charge in [0.05, 0.1) is 7.11 Å². The molecule has 0 saturated heterocycles. The molecule has 88 valence electrons. The zero-order valence-corrected chi connectivity index (χ0v) is 10.00. The lowest BCUT2D eigenvalue weighted by molar-refractivity contribution is 0.209. The molecule has 0 fully saturated rings. The Kier molecular flexibility index (Phi) is 3.77. The molecule has 0 aromatic heterocycles. The summed E-state index contributed by atoms with van der Waals surface area (Å²) < 4.78 is 5.27. The molecule has 0 bridgehead atoms. The average molecular weight is 223 g/mol. The van der Waals surface area contributed by atoms with Gasteiger partial charge in [-0.1, -0.05) is 13.8 Å². The summed E-state index contributed by atoms with van der Waals surface area (Å²) >= 11 is 0. The number of ether oxygens (including phenoxy) is 1. The lowest BCUT2D eigenvalue weighted by Gasteiger charge is -2.15. The van der Waals surface area contributed by atoms with Gasteiger partial charge >= 0.3 is 6.09 Å². The van der Waals surface area contributed by atoms with Crippen LogP contribution in [-0.2, 0) is 0 Å². The maximum absolute atomic E-state index is 10.6. The largest absolute Gasteiger partial charge is 0.496 e. The molecule has 16 heavy (non-hydrogen) atoms. The molecule has 0 radical (unpaired) electrons. The van der Waals surface area contributed by atoms with Crippen LogP contribution in [0.4, 0.5) is 10.5 Å². The Morgan fingerprint density at radius 3 is 2.50 bits per heavy atom. The Balaban J connectivity index is 3.21. The maximum atomic E-state index is 10.6. The molecule has 0 spiro atoms. The number of anilines is 1. The Hall–Kier alpha value is -1.71. The van der Waals surface area contributed by atoms with Gasteiger partial charge in [0.15, 0.2) is 0 Å². The summed E-state index contributed by atoms with van der Waals surface area (Å²) in [4.78, 5) is 10.6. The molecule has 0 heterocycles. The van der Waals surface area contributed by atoms with Crippen molar-refractivity contribution in [1.29, 1.82) is 0 Å². The SMILES string of the molecule is COc1cc(C)c(NC(=O)O)cc1C(C)C. The molecule has 4 heteroatoms. The molecule has 0 aliphatic carbocycles. The number of rotatable bonds is 3. The molecule has 1 aromatic carbocycles. The topological polar surface area (TPSA) is 58.6 Å². The minimum Gasteiger partial charge on any atom is -0.496 e. The first-order valence-electron chi connectivity index (χ1n) is 5.14. The monoisotopic (exact) mass is 223 g/mol. The fourth-order valence-corrected chi connectivity index (χ4v) is 1.58. The van der Waals surface area contributed by atoms with Crippen LogP contribution in [0.15, 0.2) is 12.1 Å². The van der Waals surface area contributed by atoms with Crippen LogP contribution in [0.3, 0.4) is 0 Å². The highest BCUT2D eigenvalue weighted by atomic mass is 16.5. The van der Waals surface area contributed by atoms with E-state index in [0.717, 1.165) is 16.9 Å². The van der Waals surface area contributed by atoms with E-state index >= 15 is 0 Å². The van der Waals surface area contributed by atoms with Crippen molar-refractivity contribution in [3.05, 3.63) is 23.3 Å². The predicted octanol–water partition coefficient (Wildman–Crippen LogP) is 3.22. The first-order chi connectivity index (χ1) is 7.45. The van der Waals surface area contributed by atoms with Crippen molar-refractivity contribution in [2.24, 2.45) is 0 Å². The number of amides is 1. The van der Waals surface area contributed by atoms with E-state index in [1.165, 1.54) is 0 Å². The van der Waals surface area contributed by atoms with Crippen LogP contribution >= 0.6 is 0 Å². The standard InChI is InChI=1S/C12H17NO3/c1-7(2)9-6-10(13-12(14)15)8(3)5-11(9)16-4/h5-7,13H,1-4H3,(H,14,15). The molecule has 0 unspecified atom stereocenters. The van der Waals surface area contributed by atoms with Crippen molar-refractivity contribution in [2.45, 2.75) is 26.7 Å². The van der Waals surface area contributed by atoms with E-state index in [2.05, 4.69) is 5.32 Å². The molecule has 1 rings (SSSR count). The zero-order chi connectivity index (χ0) is 12.3. The fourth-order valence-electron chi connectivity index (χ4n) is 1.58. The van der Waals surface area contributed by atoms with Crippen molar-refractivity contribution in [3.8, 4) is 5.75 Å². The number of methoxy groups -OCH3 is 1. The number of nitrogens with one attached hydrogen (secondary N) is 1. The summed E-state index contributed by atoms with van der Waals surface area (Å²) in [7, 11) is 1.62. The summed E-state index contributed by atoms with van der Waals surface area (Å²) in [6.45, 7) is 5.92. The van der Waals surface area contributed by atoms with E-state index in [-0.39, 0.29) is 5.92 Å². The first kappa shape index (κ1) is 12.4. The van der Waals surface area contributed by atoms with E-state index in [9.17, 15) is 4.79 Å². The van der Waals surface area contributed by atoms with Gasteiger partial charge < -0.3 is 9.84 Å². The van der Waals surface area contributed by atoms with E-state index in [1.807, 2.05) is 32.9 Å². The molecule has 1 aromatic rings. The molecule has 4 nitrogen and oxygen atoms in total.